The lowest BCUT2D eigenvalue weighted by Gasteiger charge is -2.35. The van der Waals surface area contributed by atoms with Crippen molar-refractivity contribution in [1.29, 1.82) is 0 Å². The first-order chi connectivity index (χ1) is 19.0. The summed E-state index contributed by atoms with van der Waals surface area (Å²) in [6.45, 7) is 5.87. The van der Waals surface area contributed by atoms with Crippen molar-refractivity contribution >= 4 is 28.0 Å². The number of H-pyrrole nitrogens is 1. The average Bonchev–Trinajstić information content (AvgIpc) is 3.62. The molecular formula is C30H33N7O2. The minimum absolute atomic E-state index is 0.00684. The van der Waals surface area contributed by atoms with E-state index in [-0.39, 0.29) is 12.1 Å². The van der Waals surface area contributed by atoms with Gasteiger partial charge in [0.2, 0.25) is 0 Å². The number of nitrogens with one attached hydrogen (secondary N) is 2. The molecule has 9 heteroatoms. The smallest absolute Gasteiger partial charge is 0.317 e. The first-order valence-electron chi connectivity index (χ1n) is 13.8. The Bertz CT molecular complexity index is 1680. The van der Waals surface area contributed by atoms with Gasteiger partial charge in [-0.2, -0.15) is 5.10 Å². The van der Waals surface area contributed by atoms with E-state index in [9.17, 15) is 4.79 Å². The molecule has 3 aromatic heterocycles. The summed E-state index contributed by atoms with van der Waals surface area (Å²) in [6.07, 6.45) is 5.09. The third kappa shape index (κ3) is 4.46. The van der Waals surface area contributed by atoms with Crippen LogP contribution in [0.25, 0.3) is 33.3 Å². The van der Waals surface area contributed by atoms with Crippen LogP contribution < -0.4 is 5.32 Å². The van der Waals surface area contributed by atoms with Crippen LogP contribution in [0, 0.1) is 6.92 Å². The highest BCUT2D eigenvalue weighted by Gasteiger charge is 2.29. The van der Waals surface area contributed by atoms with Crippen molar-refractivity contribution in [2.24, 2.45) is 7.05 Å². The predicted molar refractivity (Wildman–Crippen MR) is 150 cm³/mol. The first-order valence-corrected chi connectivity index (χ1v) is 13.8. The number of oxazole rings is 1. The normalized spacial score (nSPS) is 18.1. The lowest BCUT2D eigenvalue weighted by atomic mass is 10.0. The van der Waals surface area contributed by atoms with Gasteiger partial charge in [0.15, 0.2) is 11.5 Å². The number of aromatic amines is 1. The maximum absolute atomic E-state index is 13.4. The van der Waals surface area contributed by atoms with Gasteiger partial charge >= 0.3 is 6.03 Å². The molecular weight excluding hydrogens is 490 g/mol. The van der Waals surface area contributed by atoms with Crippen LogP contribution in [0.1, 0.15) is 35.6 Å². The number of carbonyl (C=O) groups excluding carboxylic acids is 1. The van der Waals surface area contributed by atoms with Crippen molar-refractivity contribution < 1.29 is 9.21 Å². The Labute approximate surface area is 226 Å². The summed E-state index contributed by atoms with van der Waals surface area (Å²) < 4.78 is 7.83. The first kappa shape index (κ1) is 24.0. The van der Waals surface area contributed by atoms with E-state index in [0.717, 1.165) is 72.5 Å². The Balaban J connectivity index is 1.03. The average molecular weight is 524 g/mol. The Morgan fingerprint density at radius 3 is 3.03 bits per heavy atom. The van der Waals surface area contributed by atoms with Gasteiger partial charge in [-0.3, -0.25) is 10.00 Å². The number of aryl methyl sites for hydroxylation is 2. The molecule has 39 heavy (non-hydrogen) atoms. The lowest BCUT2D eigenvalue weighted by Crippen LogP contribution is -2.52. The van der Waals surface area contributed by atoms with Crippen molar-refractivity contribution in [3.8, 4) is 11.3 Å². The highest BCUT2D eigenvalue weighted by Crippen LogP contribution is 2.31. The number of likely N-dealkylation sites (tertiary alicyclic amines) is 1. The summed E-state index contributed by atoms with van der Waals surface area (Å²) in [4.78, 5) is 22.3. The van der Waals surface area contributed by atoms with E-state index in [2.05, 4.69) is 67.5 Å². The molecule has 1 fully saturated rings. The molecule has 2 N–H and O–H groups in total. The number of rotatable bonds is 4. The van der Waals surface area contributed by atoms with Crippen LogP contribution >= 0.6 is 0 Å². The molecule has 1 atom stereocenters. The van der Waals surface area contributed by atoms with Gasteiger partial charge in [-0.1, -0.05) is 18.2 Å². The minimum Gasteiger partial charge on any atom is -0.441 e. The van der Waals surface area contributed by atoms with Crippen LogP contribution in [-0.2, 0) is 26.6 Å². The number of amides is 2. The van der Waals surface area contributed by atoms with E-state index in [4.69, 9.17) is 4.42 Å². The second-order valence-corrected chi connectivity index (χ2v) is 10.9. The molecule has 9 nitrogen and oxygen atoms in total. The summed E-state index contributed by atoms with van der Waals surface area (Å²) in [5, 5.41) is 12.5. The zero-order chi connectivity index (χ0) is 26.5. The fourth-order valence-electron chi connectivity index (χ4n) is 6.27. The Morgan fingerprint density at radius 2 is 2.10 bits per heavy atom. The lowest BCUT2D eigenvalue weighted by molar-refractivity contribution is 0.160. The van der Waals surface area contributed by atoms with E-state index < -0.39 is 0 Å². The van der Waals surface area contributed by atoms with Gasteiger partial charge in [-0.15, -0.1) is 0 Å². The van der Waals surface area contributed by atoms with Crippen LogP contribution in [0.5, 0.6) is 0 Å². The van der Waals surface area contributed by atoms with Crippen molar-refractivity contribution in [3.05, 3.63) is 71.4 Å². The molecule has 200 valence electrons. The van der Waals surface area contributed by atoms with Gasteiger partial charge in [-0.25, -0.2) is 9.78 Å². The van der Waals surface area contributed by atoms with E-state index in [1.807, 2.05) is 30.0 Å². The monoisotopic (exact) mass is 523 g/mol. The van der Waals surface area contributed by atoms with Gasteiger partial charge < -0.3 is 19.2 Å². The Kier molecular flexibility index (Phi) is 5.88. The number of fused-ring (bicyclic) bond motifs is 3. The summed E-state index contributed by atoms with van der Waals surface area (Å²) in [5.74, 6) is 0.646. The van der Waals surface area contributed by atoms with Crippen molar-refractivity contribution in [1.82, 2.24) is 34.9 Å². The molecule has 2 amide bonds. The molecule has 2 aliphatic heterocycles. The number of piperidine rings is 1. The maximum atomic E-state index is 13.4. The molecule has 5 aromatic rings. The molecule has 2 aliphatic rings. The molecule has 7 rings (SSSR count). The molecule has 0 unspecified atom stereocenters. The predicted octanol–water partition coefficient (Wildman–Crippen LogP) is 4.75. The molecule has 0 saturated carbocycles. The van der Waals surface area contributed by atoms with Crippen LogP contribution in [-0.4, -0.2) is 61.3 Å². The maximum Gasteiger partial charge on any atom is 0.317 e. The molecule has 0 radical (unpaired) electrons. The van der Waals surface area contributed by atoms with Crippen molar-refractivity contribution in [3.63, 3.8) is 0 Å². The highest BCUT2D eigenvalue weighted by atomic mass is 16.3. The fourth-order valence-corrected chi connectivity index (χ4v) is 6.27. The zero-order valence-electron chi connectivity index (χ0n) is 22.4. The van der Waals surface area contributed by atoms with Crippen LogP contribution in [0.15, 0.2) is 53.1 Å². The second kappa shape index (κ2) is 9.57. The third-order valence-electron chi connectivity index (χ3n) is 8.20. The van der Waals surface area contributed by atoms with Gasteiger partial charge in [-0.05, 0) is 49.2 Å². The van der Waals surface area contributed by atoms with Crippen LogP contribution in [0.3, 0.4) is 0 Å². The van der Waals surface area contributed by atoms with Gasteiger partial charge in [0.25, 0.3) is 0 Å². The number of hydrogen-bond donors (Lipinski definition) is 2. The van der Waals surface area contributed by atoms with E-state index in [0.29, 0.717) is 19.0 Å². The molecule has 0 spiro atoms. The third-order valence-corrected chi connectivity index (χ3v) is 8.20. The van der Waals surface area contributed by atoms with Crippen LogP contribution in [0.4, 0.5) is 4.79 Å². The number of para-hydroxylation sites is 1. The number of benzene rings is 2. The van der Waals surface area contributed by atoms with E-state index >= 15 is 0 Å². The number of urea groups is 1. The quantitative estimate of drug-likeness (QED) is 0.355. The summed E-state index contributed by atoms with van der Waals surface area (Å²) in [7, 11) is 2.11. The van der Waals surface area contributed by atoms with Crippen molar-refractivity contribution in [2.45, 2.75) is 45.3 Å². The number of hydrogen-bond acceptors (Lipinski definition) is 5. The van der Waals surface area contributed by atoms with E-state index in [1.165, 1.54) is 16.5 Å². The van der Waals surface area contributed by atoms with Gasteiger partial charge in [0, 0.05) is 80.0 Å². The summed E-state index contributed by atoms with van der Waals surface area (Å²) >= 11 is 0. The second-order valence-electron chi connectivity index (χ2n) is 10.9. The van der Waals surface area contributed by atoms with Crippen LogP contribution in [0.2, 0.25) is 0 Å². The molecule has 0 aliphatic carbocycles. The molecule has 5 heterocycles. The Morgan fingerprint density at radius 1 is 1.21 bits per heavy atom. The SMILES string of the molecule is Cc1nc2cc(-c3n[nH]c4c3CN(C(=O)N[C@@H]3CCCN(Cc5cn(C)c6ccccc56)C3)CC4)ccc2o1. The molecule has 1 saturated heterocycles. The highest BCUT2D eigenvalue weighted by molar-refractivity contribution is 5.84. The number of carbonyl (C=O) groups is 1. The molecule has 0 bridgehead atoms. The van der Waals surface area contributed by atoms with Gasteiger partial charge in [0.1, 0.15) is 5.52 Å². The van der Waals surface area contributed by atoms with E-state index in [1.54, 1.807) is 0 Å². The van der Waals surface area contributed by atoms with Gasteiger partial charge in [0.05, 0.1) is 12.2 Å². The topological polar surface area (TPSA) is 95.2 Å². The summed E-state index contributed by atoms with van der Waals surface area (Å²) in [6, 6.07) is 14.7. The largest absolute Gasteiger partial charge is 0.441 e. The number of aromatic nitrogens is 4. The minimum atomic E-state index is 0.00684. The number of nitrogens with zero attached hydrogens (tertiary/aromatic N) is 5. The summed E-state index contributed by atoms with van der Waals surface area (Å²) in [5.41, 5.74) is 8.22. The van der Waals surface area contributed by atoms with Crippen molar-refractivity contribution in [2.75, 3.05) is 19.6 Å². The standard InChI is InChI=1S/C30H33N7O2/c1-19-31-26-14-20(9-10-28(26)39-19)29-24-18-37(13-11-25(24)33-34-29)30(38)32-22-6-5-12-36(17-22)16-21-15-35(2)27-8-4-3-7-23(21)27/h3-4,7-10,14-15,22H,5-6,11-13,16-18H2,1-2H3,(H,32,38)(H,33,34)/t22-/m1/s1. The zero-order valence-corrected chi connectivity index (χ0v) is 22.4. The molecule has 2 aromatic carbocycles. The fraction of sp³-hybridized carbons (Fsp3) is 0.367. The Hall–Kier alpha value is -4.11.